The van der Waals surface area contributed by atoms with Gasteiger partial charge >= 0.3 is 6.03 Å². The van der Waals surface area contributed by atoms with Crippen LogP contribution in [0.4, 0.5) is 10.5 Å². The summed E-state index contributed by atoms with van der Waals surface area (Å²) in [6.45, 7) is 5.09. The highest BCUT2D eigenvalue weighted by Crippen LogP contribution is 2.23. The van der Waals surface area contributed by atoms with Gasteiger partial charge in [0.2, 0.25) is 0 Å². The molecular weight excluding hydrogens is 204 g/mol. The molecule has 2 amide bonds. The van der Waals surface area contributed by atoms with Crippen molar-refractivity contribution in [2.24, 2.45) is 0 Å². The van der Waals surface area contributed by atoms with Crippen LogP contribution in [-0.2, 0) is 0 Å². The summed E-state index contributed by atoms with van der Waals surface area (Å²) in [5.74, 6) is 0.697. The summed E-state index contributed by atoms with van der Waals surface area (Å²) in [6, 6.07) is 7.28. The van der Waals surface area contributed by atoms with E-state index in [1.807, 2.05) is 38.1 Å². The Hall–Kier alpha value is -1.71. The Morgan fingerprint density at radius 1 is 1.38 bits per heavy atom. The first-order valence-electron chi connectivity index (χ1n) is 5.43. The number of para-hydroxylation sites is 2. The number of nitrogens with one attached hydrogen (secondary N) is 1. The van der Waals surface area contributed by atoms with Gasteiger partial charge < -0.3 is 15.0 Å². The minimum atomic E-state index is -0.130. The normalized spacial score (nSPS) is 9.69. The number of anilines is 1. The molecule has 1 aromatic rings. The van der Waals surface area contributed by atoms with Crippen LogP contribution >= 0.6 is 0 Å². The summed E-state index contributed by atoms with van der Waals surface area (Å²) >= 11 is 0. The molecule has 4 nitrogen and oxygen atoms in total. The lowest BCUT2D eigenvalue weighted by Gasteiger charge is -2.17. The zero-order valence-corrected chi connectivity index (χ0v) is 9.99. The first-order valence-corrected chi connectivity index (χ1v) is 5.43. The van der Waals surface area contributed by atoms with Crippen LogP contribution < -0.4 is 10.1 Å². The van der Waals surface area contributed by atoms with Crippen LogP contribution in [0, 0.1) is 0 Å². The summed E-state index contributed by atoms with van der Waals surface area (Å²) in [4.78, 5) is 13.3. The SMILES string of the molecule is CCOc1ccccc1NC(=O)N(C)CC. The van der Waals surface area contributed by atoms with E-state index in [4.69, 9.17) is 4.74 Å². The maximum atomic E-state index is 11.7. The van der Waals surface area contributed by atoms with Crippen molar-refractivity contribution in [3.05, 3.63) is 24.3 Å². The van der Waals surface area contributed by atoms with Gasteiger partial charge in [0.25, 0.3) is 0 Å². The highest BCUT2D eigenvalue weighted by Gasteiger charge is 2.09. The third-order valence-electron chi connectivity index (χ3n) is 2.25. The number of urea groups is 1. The van der Waals surface area contributed by atoms with Gasteiger partial charge in [-0.1, -0.05) is 12.1 Å². The minimum Gasteiger partial charge on any atom is -0.492 e. The second-order valence-electron chi connectivity index (χ2n) is 3.37. The van der Waals surface area contributed by atoms with Crippen LogP contribution in [0.3, 0.4) is 0 Å². The topological polar surface area (TPSA) is 41.6 Å². The van der Waals surface area contributed by atoms with Gasteiger partial charge in [-0.2, -0.15) is 0 Å². The Kier molecular flexibility index (Phi) is 4.64. The van der Waals surface area contributed by atoms with E-state index in [-0.39, 0.29) is 6.03 Å². The number of amides is 2. The van der Waals surface area contributed by atoms with Crippen molar-refractivity contribution in [3.63, 3.8) is 0 Å². The summed E-state index contributed by atoms with van der Waals surface area (Å²) in [6.07, 6.45) is 0. The van der Waals surface area contributed by atoms with Crippen molar-refractivity contribution in [2.75, 3.05) is 25.5 Å². The van der Waals surface area contributed by atoms with Crippen molar-refractivity contribution in [2.45, 2.75) is 13.8 Å². The van der Waals surface area contributed by atoms with E-state index in [0.29, 0.717) is 24.6 Å². The molecule has 16 heavy (non-hydrogen) atoms. The average molecular weight is 222 g/mol. The van der Waals surface area contributed by atoms with Gasteiger partial charge in [-0.25, -0.2) is 4.79 Å². The third-order valence-corrected chi connectivity index (χ3v) is 2.25. The number of hydrogen-bond donors (Lipinski definition) is 1. The van der Waals surface area contributed by atoms with Gasteiger partial charge in [-0.3, -0.25) is 0 Å². The van der Waals surface area contributed by atoms with E-state index in [2.05, 4.69) is 5.32 Å². The Morgan fingerprint density at radius 2 is 2.06 bits per heavy atom. The molecule has 1 aromatic carbocycles. The largest absolute Gasteiger partial charge is 0.492 e. The molecule has 0 unspecified atom stereocenters. The Morgan fingerprint density at radius 3 is 2.69 bits per heavy atom. The number of ether oxygens (including phenoxy) is 1. The summed E-state index contributed by atoms with van der Waals surface area (Å²) < 4.78 is 5.42. The van der Waals surface area contributed by atoms with Gasteiger partial charge in [0.15, 0.2) is 0 Å². The van der Waals surface area contributed by atoms with Gasteiger partial charge in [-0.15, -0.1) is 0 Å². The molecule has 1 rings (SSSR count). The standard InChI is InChI=1S/C12H18N2O2/c1-4-14(3)12(15)13-10-8-6-7-9-11(10)16-5-2/h6-9H,4-5H2,1-3H3,(H,13,15). The molecule has 4 heteroatoms. The lowest BCUT2D eigenvalue weighted by Crippen LogP contribution is -2.31. The zero-order chi connectivity index (χ0) is 12.0. The second-order valence-corrected chi connectivity index (χ2v) is 3.37. The molecule has 1 N–H and O–H groups in total. The molecule has 0 saturated carbocycles. The minimum absolute atomic E-state index is 0.130. The molecule has 0 aliphatic heterocycles. The van der Waals surface area contributed by atoms with Crippen molar-refractivity contribution in [1.82, 2.24) is 4.90 Å². The highest BCUT2D eigenvalue weighted by atomic mass is 16.5. The van der Waals surface area contributed by atoms with E-state index in [0.717, 1.165) is 0 Å². The maximum absolute atomic E-state index is 11.7. The van der Waals surface area contributed by atoms with Crippen molar-refractivity contribution < 1.29 is 9.53 Å². The van der Waals surface area contributed by atoms with Crippen molar-refractivity contribution in [1.29, 1.82) is 0 Å². The lowest BCUT2D eigenvalue weighted by molar-refractivity contribution is 0.224. The smallest absolute Gasteiger partial charge is 0.321 e. The molecule has 0 fully saturated rings. The molecule has 0 heterocycles. The Balaban J connectivity index is 2.76. The average Bonchev–Trinajstić information content (AvgIpc) is 2.31. The number of carbonyl (C=O) groups excluding carboxylic acids is 1. The predicted molar refractivity (Wildman–Crippen MR) is 64.9 cm³/mol. The molecule has 0 aliphatic carbocycles. The van der Waals surface area contributed by atoms with E-state index >= 15 is 0 Å². The maximum Gasteiger partial charge on any atom is 0.321 e. The number of hydrogen-bond acceptors (Lipinski definition) is 2. The van der Waals surface area contributed by atoms with E-state index in [1.54, 1.807) is 11.9 Å². The van der Waals surface area contributed by atoms with Crippen LogP contribution in [-0.4, -0.2) is 31.1 Å². The van der Waals surface area contributed by atoms with E-state index in [9.17, 15) is 4.79 Å². The first kappa shape index (κ1) is 12.4. The lowest BCUT2D eigenvalue weighted by atomic mass is 10.3. The van der Waals surface area contributed by atoms with Gasteiger partial charge in [0, 0.05) is 13.6 Å². The molecular formula is C12H18N2O2. The molecule has 0 atom stereocenters. The van der Waals surface area contributed by atoms with E-state index < -0.39 is 0 Å². The number of nitrogens with zero attached hydrogens (tertiary/aromatic N) is 1. The summed E-state index contributed by atoms with van der Waals surface area (Å²) in [5.41, 5.74) is 0.703. The molecule has 0 aliphatic rings. The molecule has 0 aromatic heterocycles. The fraction of sp³-hybridized carbons (Fsp3) is 0.417. The number of rotatable bonds is 4. The van der Waals surface area contributed by atoms with Crippen LogP contribution in [0.25, 0.3) is 0 Å². The second kappa shape index (κ2) is 6.00. The molecule has 88 valence electrons. The van der Waals surface area contributed by atoms with Gasteiger partial charge in [0.1, 0.15) is 5.75 Å². The van der Waals surface area contributed by atoms with Crippen LogP contribution in [0.2, 0.25) is 0 Å². The van der Waals surface area contributed by atoms with Gasteiger partial charge in [-0.05, 0) is 26.0 Å². The molecule has 0 radical (unpaired) electrons. The summed E-state index contributed by atoms with van der Waals surface area (Å²) in [5, 5.41) is 2.81. The van der Waals surface area contributed by atoms with Crippen LogP contribution in [0.5, 0.6) is 5.75 Å². The third kappa shape index (κ3) is 3.15. The quantitative estimate of drug-likeness (QED) is 0.850. The predicted octanol–water partition coefficient (Wildman–Crippen LogP) is 2.57. The van der Waals surface area contributed by atoms with Crippen molar-refractivity contribution >= 4 is 11.7 Å². The van der Waals surface area contributed by atoms with Crippen LogP contribution in [0.1, 0.15) is 13.8 Å². The number of carbonyl (C=O) groups is 1. The number of benzene rings is 1. The van der Waals surface area contributed by atoms with Crippen molar-refractivity contribution in [3.8, 4) is 5.75 Å². The Labute approximate surface area is 96.2 Å². The van der Waals surface area contributed by atoms with Gasteiger partial charge in [0.05, 0.1) is 12.3 Å². The van der Waals surface area contributed by atoms with Crippen LogP contribution in [0.15, 0.2) is 24.3 Å². The molecule has 0 saturated heterocycles. The summed E-state index contributed by atoms with van der Waals surface area (Å²) in [7, 11) is 1.75. The first-order chi connectivity index (χ1) is 7.69. The highest BCUT2D eigenvalue weighted by molar-refractivity contribution is 5.90. The fourth-order valence-electron chi connectivity index (χ4n) is 1.21. The zero-order valence-electron chi connectivity index (χ0n) is 9.99. The van der Waals surface area contributed by atoms with E-state index in [1.165, 1.54) is 0 Å². The Bertz CT molecular complexity index is 353. The molecule has 0 spiro atoms. The monoisotopic (exact) mass is 222 g/mol. The fourth-order valence-corrected chi connectivity index (χ4v) is 1.21. The molecule has 0 bridgehead atoms.